The Balaban J connectivity index is 0.780. The minimum Gasteiger partial charge on any atom is -0.444 e. The van der Waals surface area contributed by atoms with Crippen LogP contribution in [-0.2, 0) is 32.5 Å². The lowest BCUT2D eigenvalue weighted by atomic mass is 9.93. The highest BCUT2D eigenvalue weighted by molar-refractivity contribution is 6.07. The number of ether oxygens (including phenoxy) is 2. The van der Waals surface area contributed by atoms with Crippen molar-refractivity contribution in [1.82, 2.24) is 34.2 Å². The number of carbonyl (C=O) groups is 4. The number of anilines is 2. The third kappa shape index (κ3) is 11.1. The molecule has 21 heteroatoms. The molecule has 1 aliphatic carbocycles. The van der Waals surface area contributed by atoms with Crippen LogP contribution in [0.2, 0.25) is 0 Å². The second kappa shape index (κ2) is 20.2. The number of nitrogens with one attached hydrogen (secondary N) is 3. The number of imidazole rings is 1. The van der Waals surface area contributed by atoms with Crippen LogP contribution in [0.5, 0.6) is 0 Å². The predicted octanol–water partition coefficient (Wildman–Crippen LogP) is 5.82. The van der Waals surface area contributed by atoms with Crippen molar-refractivity contribution >= 4 is 46.2 Å². The van der Waals surface area contributed by atoms with Crippen molar-refractivity contribution in [2.45, 2.75) is 69.5 Å². The first-order valence-corrected chi connectivity index (χ1v) is 22.0. The molecule has 18 nitrogen and oxygen atoms in total. The van der Waals surface area contributed by atoms with Crippen LogP contribution in [0.1, 0.15) is 89.0 Å². The van der Waals surface area contributed by atoms with Crippen LogP contribution in [0.3, 0.4) is 0 Å². The van der Waals surface area contributed by atoms with Gasteiger partial charge >= 0.3 is 11.9 Å². The van der Waals surface area contributed by atoms with Crippen molar-refractivity contribution in [2.24, 2.45) is 18.7 Å². The van der Waals surface area contributed by atoms with Crippen LogP contribution < -0.4 is 27.4 Å². The molecule has 0 radical (unpaired) electrons. The van der Waals surface area contributed by atoms with Gasteiger partial charge in [-0.2, -0.15) is 18.3 Å². The highest BCUT2D eigenvalue weighted by atomic mass is 19.4. The fraction of sp³-hybridized carbons (Fsp3) is 0.391. The maximum absolute atomic E-state index is 14.3. The predicted molar refractivity (Wildman–Crippen MR) is 238 cm³/mol. The molecule has 1 aliphatic heterocycles. The number of rotatable bonds is 21. The maximum atomic E-state index is 14.3. The molecule has 1 saturated heterocycles. The van der Waals surface area contributed by atoms with Crippen LogP contribution in [0.15, 0.2) is 82.5 Å². The Morgan fingerprint density at radius 3 is 2.45 bits per heavy atom. The first-order chi connectivity index (χ1) is 32.2. The average molecular weight is 927 g/mol. The van der Waals surface area contributed by atoms with Crippen molar-refractivity contribution in [3.8, 4) is 17.1 Å². The van der Waals surface area contributed by atoms with Gasteiger partial charge in [0.2, 0.25) is 17.7 Å². The van der Waals surface area contributed by atoms with E-state index in [-0.39, 0.29) is 85.6 Å². The van der Waals surface area contributed by atoms with Crippen LogP contribution >= 0.6 is 0 Å². The standard InChI is InChI=1S/C46H49F3N10O8/c1-57-37-22-27(8-13-35(37)59(45(57)64)36-14-15-39(60)55-43(36)63)4-2-18-65-20-21-66-19-3-5-32(46(47,48)49)29-9-11-31(12-10-29)58-25-33(40(56-58)41(50)61)53-42(62)34-26-67-44(54-34)30-16-17-51-38(23-30)52-24-28-6-7-28/h8-13,16-17,22-23,25-26,28,32,36H,2-7,14-15,18-21,24H2,1H3,(H2,50,61)(H,51,52)(H,53,62)(H,55,60,63). The Morgan fingerprint density at radius 2 is 1.73 bits per heavy atom. The molecule has 6 aromatic rings. The van der Waals surface area contributed by atoms with Gasteiger partial charge in [0.15, 0.2) is 11.4 Å². The number of nitrogens with two attached hydrogens (primary N) is 1. The lowest BCUT2D eigenvalue weighted by molar-refractivity contribution is -0.152. The van der Waals surface area contributed by atoms with Gasteiger partial charge in [-0.05, 0) is 98.4 Å². The van der Waals surface area contributed by atoms with Gasteiger partial charge in [-0.25, -0.2) is 19.4 Å². The van der Waals surface area contributed by atoms with E-state index < -0.39 is 35.9 Å². The highest BCUT2D eigenvalue weighted by Gasteiger charge is 2.40. The minimum absolute atomic E-state index is 0.0329. The topological polar surface area (TPSA) is 233 Å². The molecule has 2 atom stereocenters. The summed E-state index contributed by atoms with van der Waals surface area (Å²) in [6.07, 6.45) is 3.59. The molecule has 8 rings (SSSR count). The number of fused-ring (bicyclic) bond motifs is 1. The largest absolute Gasteiger partial charge is 0.444 e. The molecule has 2 fully saturated rings. The van der Waals surface area contributed by atoms with Gasteiger partial charge in [-0.1, -0.05) is 18.2 Å². The summed E-state index contributed by atoms with van der Waals surface area (Å²) in [5, 5.41) is 12.3. The van der Waals surface area contributed by atoms with Crippen molar-refractivity contribution < 1.29 is 46.2 Å². The zero-order valence-corrected chi connectivity index (χ0v) is 36.5. The van der Waals surface area contributed by atoms with Gasteiger partial charge in [-0.3, -0.25) is 33.6 Å². The van der Waals surface area contributed by atoms with Crippen LogP contribution in [0.25, 0.3) is 28.2 Å². The third-order valence-corrected chi connectivity index (χ3v) is 11.7. The fourth-order valence-corrected chi connectivity index (χ4v) is 7.97. The normalized spacial score (nSPS) is 15.7. The molecule has 67 heavy (non-hydrogen) atoms. The van der Waals surface area contributed by atoms with Crippen molar-refractivity contribution in [3.63, 3.8) is 0 Å². The van der Waals surface area contributed by atoms with Crippen molar-refractivity contribution in [1.29, 1.82) is 0 Å². The van der Waals surface area contributed by atoms with Gasteiger partial charge in [0, 0.05) is 45.0 Å². The number of hydrogen-bond acceptors (Lipinski definition) is 12. The number of amides is 4. The number of carbonyl (C=O) groups excluding carboxylic acids is 4. The quantitative estimate of drug-likeness (QED) is 0.0494. The molecule has 0 bridgehead atoms. The molecule has 4 aromatic heterocycles. The first kappa shape index (κ1) is 46.4. The molecule has 5 N–H and O–H groups in total. The highest BCUT2D eigenvalue weighted by Crippen LogP contribution is 2.39. The van der Waals surface area contributed by atoms with Gasteiger partial charge in [0.25, 0.3) is 11.8 Å². The number of pyridine rings is 1. The molecule has 0 spiro atoms. The molecule has 1 saturated carbocycles. The number of imide groups is 1. The number of aryl methyl sites for hydroxylation is 2. The minimum atomic E-state index is -4.53. The molecule has 5 heterocycles. The van der Waals surface area contributed by atoms with Crippen LogP contribution in [-0.4, -0.2) is 91.7 Å². The number of alkyl halides is 3. The molecular weight excluding hydrogens is 878 g/mol. The Morgan fingerprint density at radius 1 is 0.970 bits per heavy atom. The monoisotopic (exact) mass is 926 g/mol. The summed E-state index contributed by atoms with van der Waals surface area (Å²) in [6.45, 7) is 1.79. The number of piperidine rings is 1. The van der Waals surface area contributed by atoms with E-state index in [0.29, 0.717) is 53.5 Å². The zero-order chi connectivity index (χ0) is 47.2. The van der Waals surface area contributed by atoms with E-state index >= 15 is 0 Å². The Hall–Kier alpha value is -7.13. The van der Waals surface area contributed by atoms with Gasteiger partial charge in [-0.15, -0.1) is 0 Å². The van der Waals surface area contributed by atoms with Crippen LogP contribution in [0, 0.1) is 5.92 Å². The Bertz CT molecular complexity index is 2830. The molecule has 352 valence electrons. The smallest absolute Gasteiger partial charge is 0.395 e. The maximum Gasteiger partial charge on any atom is 0.395 e. The Kier molecular flexibility index (Phi) is 14.0. The number of benzene rings is 2. The van der Waals surface area contributed by atoms with E-state index in [0.717, 1.165) is 12.1 Å². The van der Waals surface area contributed by atoms with Gasteiger partial charge in [0.05, 0.1) is 47.7 Å². The van der Waals surface area contributed by atoms with Crippen molar-refractivity contribution in [2.75, 3.05) is 43.6 Å². The number of hydrogen-bond donors (Lipinski definition) is 4. The van der Waals surface area contributed by atoms with Crippen molar-refractivity contribution in [3.05, 3.63) is 106 Å². The number of oxazole rings is 1. The van der Waals surface area contributed by atoms with E-state index in [1.54, 1.807) is 31.4 Å². The molecule has 2 aromatic carbocycles. The molecular formula is C46H49F3N10O8. The van der Waals surface area contributed by atoms with E-state index in [9.17, 15) is 37.1 Å². The number of primary amides is 1. The summed E-state index contributed by atoms with van der Waals surface area (Å²) < 4.78 is 63.8. The van der Waals surface area contributed by atoms with Gasteiger partial charge < -0.3 is 30.3 Å². The van der Waals surface area contributed by atoms with E-state index in [2.05, 4.69) is 31.0 Å². The summed E-state index contributed by atoms with van der Waals surface area (Å²) in [7, 11) is 1.64. The van der Waals surface area contributed by atoms with E-state index in [1.807, 2.05) is 12.1 Å². The second-order valence-corrected chi connectivity index (χ2v) is 16.6. The van der Waals surface area contributed by atoms with Gasteiger partial charge in [0.1, 0.15) is 18.1 Å². The summed E-state index contributed by atoms with van der Waals surface area (Å²) in [4.78, 5) is 71.2. The van der Waals surface area contributed by atoms with Crippen LogP contribution in [0.4, 0.5) is 24.7 Å². The lowest BCUT2D eigenvalue weighted by Gasteiger charge is -2.21. The third-order valence-electron chi connectivity index (χ3n) is 11.7. The first-order valence-electron chi connectivity index (χ1n) is 22.0. The summed E-state index contributed by atoms with van der Waals surface area (Å²) in [6, 6.07) is 13.8. The second-order valence-electron chi connectivity index (χ2n) is 16.6. The van der Waals surface area contributed by atoms with E-state index in [1.165, 1.54) is 63.4 Å². The number of aromatic nitrogens is 6. The number of nitrogens with zero attached hydrogens (tertiary/aromatic N) is 6. The average Bonchev–Trinajstić information content (AvgIpc) is 3.72. The summed E-state index contributed by atoms with van der Waals surface area (Å²) in [5.41, 5.74) is 8.04. The fourth-order valence-electron chi connectivity index (χ4n) is 7.97. The molecule has 4 amide bonds. The molecule has 2 aliphatic rings. The summed E-state index contributed by atoms with van der Waals surface area (Å²) in [5.74, 6) is -2.79. The molecule has 2 unspecified atom stereocenters. The Labute approximate surface area is 381 Å². The lowest BCUT2D eigenvalue weighted by Crippen LogP contribution is -2.44. The zero-order valence-electron chi connectivity index (χ0n) is 36.5. The van der Waals surface area contributed by atoms with E-state index in [4.69, 9.17) is 19.6 Å². The number of halogens is 3. The summed E-state index contributed by atoms with van der Waals surface area (Å²) >= 11 is 0. The SMILES string of the molecule is Cn1c(=O)n(C2CCC(=O)NC2=O)c2ccc(CCCOCCOCCCC(c3ccc(-n4cc(NC(=O)c5coc(-c6ccnc(NCC7CC7)c6)n5)c(C(N)=O)n4)cc3)C(F)(F)F)cc21.